The number of nitrogens with one attached hydrogen (secondary N) is 1. The lowest BCUT2D eigenvalue weighted by molar-refractivity contribution is 0.0944. The zero-order valence-electron chi connectivity index (χ0n) is 11.9. The van der Waals surface area contributed by atoms with Crippen LogP contribution in [0.1, 0.15) is 61.5 Å². The molecule has 2 aliphatic rings. The second kappa shape index (κ2) is 5.73. The van der Waals surface area contributed by atoms with E-state index in [0.717, 1.165) is 25.8 Å². The van der Waals surface area contributed by atoms with Gasteiger partial charge in [-0.25, -0.2) is 0 Å². The summed E-state index contributed by atoms with van der Waals surface area (Å²) in [6, 6.07) is 2.27. The standard InChI is InChI=1S/C16H23N3O/c17-13-10-15(19(11-13)14-6-7-14)16(20)18-9-8-12-4-2-1-3-5-12/h4,10-11,14H,1-3,5-9,17H2,(H,18,20). The van der Waals surface area contributed by atoms with Crippen molar-refractivity contribution in [3.63, 3.8) is 0 Å². The smallest absolute Gasteiger partial charge is 0.268 e. The van der Waals surface area contributed by atoms with E-state index in [0.29, 0.717) is 17.4 Å². The summed E-state index contributed by atoms with van der Waals surface area (Å²) in [4.78, 5) is 12.2. The Hall–Kier alpha value is -1.71. The molecule has 4 nitrogen and oxygen atoms in total. The lowest BCUT2D eigenvalue weighted by Crippen LogP contribution is -2.27. The molecular weight excluding hydrogens is 250 g/mol. The first-order valence-electron chi connectivity index (χ1n) is 7.67. The second-order valence-electron chi connectivity index (χ2n) is 5.91. The zero-order valence-corrected chi connectivity index (χ0v) is 11.9. The van der Waals surface area contributed by atoms with E-state index in [4.69, 9.17) is 5.73 Å². The maximum Gasteiger partial charge on any atom is 0.268 e. The molecule has 2 aliphatic carbocycles. The Kier molecular flexibility index (Phi) is 3.81. The van der Waals surface area contributed by atoms with Crippen molar-refractivity contribution in [1.29, 1.82) is 0 Å². The molecule has 0 unspecified atom stereocenters. The van der Waals surface area contributed by atoms with Crippen LogP contribution in [0.5, 0.6) is 0 Å². The van der Waals surface area contributed by atoms with E-state index < -0.39 is 0 Å². The topological polar surface area (TPSA) is 60.1 Å². The third-order valence-corrected chi connectivity index (χ3v) is 4.16. The number of nitrogen functional groups attached to an aromatic ring is 1. The fourth-order valence-electron chi connectivity index (χ4n) is 2.90. The largest absolute Gasteiger partial charge is 0.397 e. The summed E-state index contributed by atoms with van der Waals surface area (Å²) < 4.78 is 2.03. The fourth-order valence-corrected chi connectivity index (χ4v) is 2.90. The van der Waals surface area contributed by atoms with Gasteiger partial charge in [0, 0.05) is 18.8 Å². The molecule has 108 valence electrons. The summed E-state index contributed by atoms with van der Waals surface area (Å²) in [6.07, 6.45) is 12.5. The van der Waals surface area contributed by atoms with Crippen molar-refractivity contribution < 1.29 is 4.79 Å². The molecular formula is C16H23N3O. The minimum atomic E-state index is 0.00464. The Morgan fingerprint density at radius 1 is 1.40 bits per heavy atom. The van der Waals surface area contributed by atoms with Gasteiger partial charge in [0.25, 0.3) is 5.91 Å². The third-order valence-electron chi connectivity index (χ3n) is 4.16. The quantitative estimate of drug-likeness (QED) is 0.810. The number of hydrogen-bond acceptors (Lipinski definition) is 2. The van der Waals surface area contributed by atoms with Crippen LogP contribution >= 0.6 is 0 Å². The van der Waals surface area contributed by atoms with Gasteiger partial charge in [-0.05, 0) is 51.0 Å². The number of carbonyl (C=O) groups is 1. The van der Waals surface area contributed by atoms with Crippen molar-refractivity contribution in [2.24, 2.45) is 0 Å². The first kappa shape index (κ1) is 13.3. The minimum absolute atomic E-state index is 0.00464. The van der Waals surface area contributed by atoms with Gasteiger partial charge < -0.3 is 15.6 Å². The molecule has 1 aromatic rings. The molecule has 3 rings (SSSR count). The number of hydrogen-bond donors (Lipinski definition) is 2. The Bertz CT molecular complexity index is 526. The molecule has 1 fully saturated rings. The molecule has 0 spiro atoms. The SMILES string of the molecule is Nc1cc(C(=O)NCCC2=CCCCC2)n(C2CC2)c1. The molecule has 0 saturated heterocycles. The van der Waals surface area contributed by atoms with E-state index in [2.05, 4.69) is 11.4 Å². The summed E-state index contributed by atoms with van der Waals surface area (Å²) in [7, 11) is 0. The Morgan fingerprint density at radius 2 is 2.25 bits per heavy atom. The predicted octanol–water partition coefficient (Wildman–Crippen LogP) is 3.03. The van der Waals surface area contributed by atoms with Crippen molar-refractivity contribution in [2.45, 2.75) is 51.0 Å². The number of nitrogens with zero attached hydrogens (tertiary/aromatic N) is 1. The minimum Gasteiger partial charge on any atom is -0.397 e. The highest BCUT2D eigenvalue weighted by molar-refractivity contribution is 5.93. The summed E-state index contributed by atoms with van der Waals surface area (Å²) in [5.74, 6) is 0.00464. The molecule has 0 aliphatic heterocycles. The number of aromatic nitrogens is 1. The van der Waals surface area contributed by atoms with Crippen LogP contribution in [0.15, 0.2) is 23.9 Å². The lowest BCUT2D eigenvalue weighted by atomic mass is 9.97. The molecule has 0 atom stereocenters. The molecule has 1 aromatic heterocycles. The summed E-state index contributed by atoms with van der Waals surface area (Å²) >= 11 is 0. The number of rotatable bonds is 5. The van der Waals surface area contributed by atoms with Gasteiger partial charge in [0.05, 0.1) is 5.69 Å². The van der Waals surface area contributed by atoms with Crippen LogP contribution < -0.4 is 11.1 Å². The first-order chi connectivity index (χ1) is 9.74. The van der Waals surface area contributed by atoms with Crippen LogP contribution in [-0.2, 0) is 0 Å². The van der Waals surface area contributed by atoms with Gasteiger partial charge in [0.2, 0.25) is 0 Å². The van der Waals surface area contributed by atoms with Crippen LogP contribution in [0.3, 0.4) is 0 Å². The number of anilines is 1. The van der Waals surface area contributed by atoms with E-state index in [1.54, 1.807) is 6.07 Å². The molecule has 1 heterocycles. The van der Waals surface area contributed by atoms with Gasteiger partial charge in [-0.3, -0.25) is 4.79 Å². The normalized spacial score (nSPS) is 18.7. The van der Waals surface area contributed by atoms with Crippen LogP contribution in [0.2, 0.25) is 0 Å². The molecule has 20 heavy (non-hydrogen) atoms. The lowest BCUT2D eigenvalue weighted by Gasteiger charge is -2.13. The van der Waals surface area contributed by atoms with E-state index >= 15 is 0 Å². The zero-order chi connectivity index (χ0) is 13.9. The Labute approximate surface area is 120 Å². The second-order valence-corrected chi connectivity index (χ2v) is 5.91. The van der Waals surface area contributed by atoms with Gasteiger partial charge in [0.15, 0.2) is 0 Å². The van der Waals surface area contributed by atoms with Gasteiger partial charge in [-0.15, -0.1) is 0 Å². The number of carbonyl (C=O) groups excluding carboxylic acids is 1. The molecule has 1 saturated carbocycles. The van der Waals surface area contributed by atoms with Crippen molar-refractivity contribution in [3.05, 3.63) is 29.6 Å². The maximum atomic E-state index is 12.2. The van der Waals surface area contributed by atoms with Crippen molar-refractivity contribution >= 4 is 11.6 Å². The summed E-state index contributed by atoms with van der Waals surface area (Å²) in [5.41, 5.74) is 8.70. The van der Waals surface area contributed by atoms with E-state index in [9.17, 15) is 4.79 Å². The maximum absolute atomic E-state index is 12.2. The van der Waals surface area contributed by atoms with Crippen LogP contribution in [-0.4, -0.2) is 17.0 Å². The van der Waals surface area contributed by atoms with Crippen LogP contribution in [0.4, 0.5) is 5.69 Å². The predicted molar refractivity (Wildman–Crippen MR) is 80.6 cm³/mol. The molecule has 1 amide bonds. The number of allylic oxidation sites excluding steroid dienone is 1. The van der Waals surface area contributed by atoms with Gasteiger partial charge in [-0.2, -0.15) is 0 Å². The third kappa shape index (κ3) is 3.06. The van der Waals surface area contributed by atoms with Gasteiger partial charge >= 0.3 is 0 Å². The number of nitrogens with two attached hydrogens (primary N) is 1. The summed E-state index contributed by atoms with van der Waals surface area (Å²) in [5, 5.41) is 3.03. The van der Waals surface area contributed by atoms with Crippen molar-refractivity contribution in [2.75, 3.05) is 12.3 Å². The molecule has 0 radical (unpaired) electrons. The highest BCUT2D eigenvalue weighted by Gasteiger charge is 2.27. The molecule has 0 bridgehead atoms. The van der Waals surface area contributed by atoms with Crippen LogP contribution in [0.25, 0.3) is 0 Å². The van der Waals surface area contributed by atoms with E-state index in [-0.39, 0.29) is 5.91 Å². The Morgan fingerprint density at radius 3 is 2.95 bits per heavy atom. The monoisotopic (exact) mass is 273 g/mol. The van der Waals surface area contributed by atoms with E-state index in [1.807, 2.05) is 10.8 Å². The van der Waals surface area contributed by atoms with Gasteiger partial charge in [0.1, 0.15) is 5.69 Å². The highest BCUT2D eigenvalue weighted by atomic mass is 16.1. The molecule has 3 N–H and O–H groups in total. The van der Waals surface area contributed by atoms with Crippen molar-refractivity contribution in [3.8, 4) is 0 Å². The number of amides is 1. The highest BCUT2D eigenvalue weighted by Crippen LogP contribution is 2.37. The van der Waals surface area contributed by atoms with E-state index in [1.165, 1.54) is 31.3 Å². The fraction of sp³-hybridized carbons (Fsp3) is 0.562. The average molecular weight is 273 g/mol. The molecule has 0 aromatic carbocycles. The molecule has 4 heteroatoms. The summed E-state index contributed by atoms with van der Waals surface area (Å²) in [6.45, 7) is 0.723. The average Bonchev–Trinajstić information content (AvgIpc) is 3.22. The van der Waals surface area contributed by atoms with Gasteiger partial charge in [-0.1, -0.05) is 11.6 Å². The van der Waals surface area contributed by atoms with Crippen molar-refractivity contribution in [1.82, 2.24) is 9.88 Å². The first-order valence-corrected chi connectivity index (χ1v) is 7.67. The Balaban J connectivity index is 1.55. The van der Waals surface area contributed by atoms with Crippen LogP contribution in [0, 0.1) is 0 Å².